The van der Waals surface area contributed by atoms with Crippen LogP contribution < -0.4 is 0 Å². The topological polar surface area (TPSA) is 41.4 Å². The molecule has 0 spiro atoms. The van der Waals surface area contributed by atoms with Crippen LogP contribution in [0.4, 0.5) is 17.6 Å². The van der Waals surface area contributed by atoms with Crippen LogP contribution >= 0.6 is 0 Å². The summed E-state index contributed by atoms with van der Waals surface area (Å²) in [7, 11) is 0. The number of halogens is 4. The van der Waals surface area contributed by atoms with Crippen LogP contribution in [0.3, 0.4) is 0 Å². The summed E-state index contributed by atoms with van der Waals surface area (Å²) in [6, 6.07) is 5.39. The fourth-order valence-electron chi connectivity index (χ4n) is 6.24. The van der Waals surface area contributed by atoms with Gasteiger partial charge in [-0.05, 0) is 90.2 Å². The van der Waals surface area contributed by atoms with Crippen LogP contribution in [-0.4, -0.2) is 63.4 Å². The predicted molar refractivity (Wildman–Crippen MR) is 153 cm³/mol. The fraction of sp³-hybridized carbons (Fsp3) is 0.562. The Morgan fingerprint density at radius 3 is 2.41 bits per heavy atom. The molecule has 1 amide bonds. The molecule has 1 aromatic heterocycles. The van der Waals surface area contributed by atoms with E-state index < -0.39 is 23.6 Å². The first kappa shape index (κ1) is 31.0. The number of likely N-dealkylation sites (tertiary alicyclic amines) is 2. The average Bonchev–Trinajstić information content (AvgIpc) is 3.48. The van der Waals surface area contributed by atoms with Crippen molar-refractivity contribution in [2.24, 2.45) is 11.8 Å². The first-order valence-electron chi connectivity index (χ1n) is 14.5. The number of aryl methyl sites for hydroxylation is 1. The van der Waals surface area contributed by atoms with E-state index >= 15 is 4.39 Å². The van der Waals surface area contributed by atoms with Gasteiger partial charge in [-0.25, -0.2) is 22.2 Å². The molecular formula is C32H42F4N4O. The first-order chi connectivity index (χ1) is 19.3. The van der Waals surface area contributed by atoms with Crippen molar-refractivity contribution in [1.29, 1.82) is 0 Å². The molecule has 41 heavy (non-hydrogen) atoms. The van der Waals surface area contributed by atoms with E-state index in [2.05, 4.69) is 30.8 Å². The second-order valence-electron chi connectivity index (χ2n) is 12.5. The number of nitrogens with zero attached hydrogens (tertiary/aromatic N) is 4. The number of alkyl halides is 1. The zero-order chi connectivity index (χ0) is 30.1. The molecule has 0 radical (unpaired) electrons. The number of carbonyl (C=O) groups excluding carboxylic acids is 1. The summed E-state index contributed by atoms with van der Waals surface area (Å²) in [5, 5.41) is 4.47. The van der Waals surface area contributed by atoms with Gasteiger partial charge in [0.2, 0.25) is 5.91 Å². The highest BCUT2D eigenvalue weighted by Crippen LogP contribution is 2.39. The normalized spacial score (nSPS) is 22.4. The molecule has 0 bridgehead atoms. The van der Waals surface area contributed by atoms with Gasteiger partial charge in [0.25, 0.3) is 0 Å². The summed E-state index contributed by atoms with van der Waals surface area (Å²) in [5.74, 6) is -2.07. The van der Waals surface area contributed by atoms with Gasteiger partial charge in [-0.1, -0.05) is 6.08 Å². The summed E-state index contributed by atoms with van der Waals surface area (Å²) < 4.78 is 58.3. The first-order valence-corrected chi connectivity index (χ1v) is 14.5. The molecule has 0 aliphatic carbocycles. The van der Waals surface area contributed by atoms with Gasteiger partial charge in [-0.2, -0.15) is 5.10 Å². The van der Waals surface area contributed by atoms with Gasteiger partial charge in [-0.3, -0.25) is 9.69 Å². The van der Waals surface area contributed by atoms with Crippen molar-refractivity contribution in [2.45, 2.75) is 78.4 Å². The number of carbonyl (C=O) groups is 1. The van der Waals surface area contributed by atoms with Crippen LogP contribution in [0.25, 0.3) is 5.69 Å². The minimum Gasteiger partial charge on any atom is -0.343 e. The van der Waals surface area contributed by atoms with Gasteiger partial charge in [0.1, 0.15) is 23.5 Å². The highest BCUT2D eigenvalue weighted by molar-refractivity contribution is 5.76. The minimum absolute atomic E-state index is 0.0298. The van der Waals surface area contributed by atoms with Crippen molar-refractivity contribution in [3.63, 3.8) is 0 Å². The van der Waals surface area contributed by atoms with Crippen molar-refractivity contribution >= 4 is 5.91 Å². The SMILES string of the molecule is CC=C(C(F)=CC(C)F)C1CN(C(C)(C)C)CC1CC(=O)N1CCC(c2cc(C)nn2-c2ccc(F)cc2F)CC1. The molecule has 4 rings (SSSR count). The van der Waals surface area contributed by atoms with Crippen molar-refractivity contribution in [2.75, 3.05) is 26.2 Å². The molecule has 0 saturated carbocycles. The zero-order valence-electron chi connectivity index (χ0n) is 24.9. The molecule has 9 heteroatoms. The summed E-state index contributed by atoms with van der Waals surface area (Å²) in [5.41, 5.74) is 2.10. The number of aromatic nitrogens is 2. The third-order valence-corrected chi connectivity index (χ3v) is 8.45. The third-order valence-electron chi connectivity index (χ3n) is 8.45. The smallest absolute Gasteiger partial charge is 0.222 e. The second-order valence-corrected chi connectivity index (χ2v) is 12.5. The maximum Gasteiger partial charge on any atom is 0.222 e. The second kappa shape index (κ2) is 12.5. The monoisotopic (exact) mass is 574 g/mol. The number of rotatable bonds is 7. The maximum atomic E-state index is 15.1. The molecule has 224 valence electrons. The average molecular weight is 575 g/mol. The standard InChI is InChI=1S/C32H42F4N4O/c1-7-25(27(35)14-20(2)33)26-19-39(32(4,5)6)18-23(26)16-31(41)38-12-10-22(11-13-38)30-15-21(3)37-40(30)29-9-8-24(34)17-28(29)36/h7-9,14-15,17,20,22-23,26H,10-13,16,18-19H2,1-6H3. The summed E-state index contributed by atoms with van der Waals surface area (Å²) in [6.07, 6.45) is 2.98. The van der Waals surface area contributed by atoms with E-state index in [1.807, 2.05) is 17.9 Å². The lowest BCUT2D eigenvalue weighted by molar-refractivity contribution is -0.133. The Bertz CT molecular complexity index is 1300. The molecule has 2 saturated heterocycles. The van der Waals surface area contributed by atoms with E-state index in [9.17, 15) is 18.0 Å². The Balaban J connectivity index is 1.46. The molecule has 2 aliphatic heterocycles. The Morgan fingerprint density at radius 2 is 1.83 bits per heavy atom. The largest absolute Gasteiger partial charge is 0.343 e. The molecule has 3 atom stereocenters. The number of benzene rings is 1. The summed E-state index contributed by atoms with van der Waals surface area (Å²) >= 11 is 0. The van der Waals surface area contributed by atoms with Crippen LogP contribution in [0, 0.1) is 30.4 Å². The van der Waals surface area contributed by atoms with E-state index in [4.69, 9.17) is 0 Å². The fourth-order valence-corrected chi connectivity index (χ4v) is 6.24. The van der Waals surface area contributed by atoms with E-state index in [1.165, 1.54) is 19.1 Å². The quantitative estimate of drug-likeness (QED) is 0.263. The lowest BCUT2D eigenvalue weighted by Crippen LogP contribution is -2.41. The van der Waals surface area contributed by atoms with Crippen molar-refractivity contribution in [3.05, 3.63) is 70.8 Å². The van der Waals surface area contributed by atoms with Crippen LogP contribution in [0.5, 0.6) is 0 Å². The summed E-state index contributed by atoms with van der Waals surface area (Å²) in [4.78, 5) is 17.7. The summed E-state index contributed by atoms with van der Waals surface area (Å²) in [6.45, 7) is 13.6. The Hall–Kier alpha value is -2.94. The lowest BCUT2D eigenvalue weighted by Gasteiger charge is -2.33. The highest BCUT2D eigenvalue weighted by Gasteiger charge is 2.41. The van der Waals surface area contributed by atoms with E-state index in [1.54, 1.807) is 17.7 Å². The molecule has 1 aromatic carbocycles. The lowest BCUT2D eigenvalue weighted by atomic mass is 9.84. The van der Waals surface area contributed by atoms with Crippen molar-refractivity contribution < 1.29 is 22.4 Å². The zero-order valence-corrected chi connectivity index (χ0v) is 24.9. The Labute approximate surface area is 240 Å². The van der Waals surface area contributed by atoms with Gasteiger partial charge in [0, 0.05) is 61.7 Å². The van der Waals surface area contributed by atoms with Crippen LogP contribution in [0.15, 0.2) is 47.8 Å². The van der Waals surface area contributed by atoms with E-state index in [-0.39, 0.29) is 41.3 Å². The van der Waals surface area contributed by atoms with Gasteiger partial charge in [-0.15, -0.1) is 0 Å². The number of hydrogen-bond donors (Lipinski definition) is 0. The molecule has 3 heterocycles. The van der Waals surface area contributed by atoms with Crippen LogP contribution in [0.2, 0.25) is 0 Å². The molecule has 3 unspecified atom stereocenters. The highest BCUT2D eigenvalue weighted by atomic mass is 19.1. The van der Waals surface area contributed by atoms with E-state index in [0.29, 0.717) is 44.6 Å². The maximum absolute atomic E-state index is 15.1. The minimum atomic E-state index is -1.40. The number of allylic oxidation sites excluding steroid dienone is 3. The van der Waals surface area contributed by atoms with Crippen LogP contribution in [0.1, 0.15) is 71.2 Å². The molecular weight excluding hydrogens is 532 g/mol. The van der Waals surface area contributed by atoms with Gasteiger partial charge in [0.15, 0.2) is 5.82 Å². The molecule has 2 aromatic rings. The Morgan fingerprint density at radius 1 is 1.15 bits per heavy atom. The van der Waals surface area contributed by atoms with Crippen molar-refractivity contribution in [3.8, 4) is 5.69 Å². The Kier molecular flexibility index (Phi) is 9.46. The molecule has 2 fully saturated rings. The van der Waals surface area contributed by atoms with Gasteiger partial charge >= 0.3 is 0 Å². The van der Waals surface area contributed by atoms with Gasteiger partial charge < -0.3 is 4.90 Å². The number of amides is 1. The molecule has 5 nitrogen and oxygen atoms in total. The van der Waals surface area contributed by atoms with Gasteiger partial charge in [0.05, 0.1) is 5.69 Å². The van der Waals surface area contributed by atoms with Crippen LogP contribution in [-0.2, 0) is 4.79 Å². The number of hydrogen-bond acceptors (Lipinski definition) is 3. The molecule has 0 N–H and O–H groups in total. The molecule has 2 aliphatic rings. The third kappa shape index (κ3) is 7.11. The van der Waals surface area contributed by atoms with E-state index in [0.717, 1.165) is 23.5 Å². The number of piperidine rings is 1. The van der Waals surface area contributed by atoms with Crippen molar-refractivity contribution in [1.82, 2.24) is 19.6 Å². The predicted octanol–water partition coefficient (Wildman–Crippen LogP) is 7.06.